The van der Waals surface area contributed by atoms with E-state index in [-0.39, 0.29) is 0 Å². The van der Waals surface area contributed by atoms with Crippen molar-refractivity contribution in [2.45, 2.75) is 39.5 Å². The predicted molar refractivity (Wildman–Crippen MR) is 48.8 cm³/mol. The average molecular weight is 164 g/mol. The Hall–Kier alpha value is -0.590. The number of carbonyl (C=O) groups excluding carboxylic acids is 1. The van der Waals surface area contributed by atoms with E-state index in [0.717, 1.165) is 25.2 Å². The second-order valence-corrected chi connectivity index (χ2v) is 4.28. The van der Waals surface area contributed by atoms with Crippen molar-refractivity contribution in [3.8, 4) is 0 Å². The first-order valence-electron chi connectivity index (χ1n) is 4.93. The summed E-state index contributed by atoms with van der Waals surface area (Å²) in [5.41, 5.74) is 2.57. The van der Waals surface area contributed by atoms with Gasteiger partial charge in [-0.05, 0) is 43.6 Å². The Balaban J connectivity index is 2.33. The number of hydrogen-bond acceptors (Lipinski definition) is 1. The van der Waals surface area contributed by atoms with Crippen LogP contribution in [0.3, 0.4) is 0 Å². The van der Waals surface area contributed by atoms with Crippen molar-refractivity contribution in [3.63, 3.8) is 0 Å². The molecule has 0 aromatic heterocycles. The van der Waals surface area contributed by atoms with Gasteiger partial charge in [0.25, 0.3) is 0 Å². The van der Waals surface area contributed by atoms with Gasteiger partial charge in [0.2, 0.25) is 0 Å². The summed E-state index contributed by atoms with van der Waals surface area (Å²) in [6, 6.07) is 0. The molecule has 66 valence electrons. The maximum absolute atomic E-state index is 11.6. The van der Waals surface area contributed by atoms with E-state index in [4.69, 9.17) is 0 Å². The molecule has 1 nitrogen and oxygen atoms in total. The third-order valence-corrected chi connectivity index (χ3v) is 3.47. The van der Waals surface area contributed by atoms with Crippen LogP contribution in [-0.2, 0) is 4.79 Å². The van der Waals surface area contributed by atoms with Crippen molar-refractivity contribution in [2.24, 2.45) is 11.8 Å². The van der Waals surface area contributed by atoms with Crippen LogP contribution in [0.25, 0.3) is 0 Å². The predicted octanol–water partition coefficient (Wildman–Crippen LogP) is 2.71. The third-order valence-electron chi connectivity index (χ3n) is 3.47. The second-order valence-electron chi connectivity index (χ2n) is 4.28. The first-order valence-corrected chi connectivity index (χ1v) is 4.93. The molecular weight excluding hydrogens is 148 g/mol. The molecular formula is C11H16O. The van der Waals surface area contributed by atoms with E-state index in [1.54, 1.807) is 0 Å². The molecule has 0 aliphatic heterocycles. The molecule has 2 rings (SSSR count). The zero-order valence-electron chi connectivity index (χ0n) is 7.89. The Morgan fingerprint density at radius 2 is 2.00 bits per heavy atom. The van der Waals surface area contributed by atoms with Gasteiger partial charge in [0.1, 0.15) is 0 Å². The Morgan fingerprint density at radius 3 is 2.67 bits per heavy atom. The van der Waals surface area contributed by atoms with Gasteiger partial charge >= 0.3 is 0 Å². The highest BCUT2D eigenvalue weighted by Crippen LogP contribution is 2.42. The molecule has 0 bridgehead atoms. The first-order chi connectivity index (χ1) is 5.70. The van der Waals surface area contributed by atoms with Crippen molar-refractivity contribution in [2.75, 3.05) is 0 Å². The van der Waals surface area contributed by atoms with Crippen molar-refractivity contribution in [1.29, 1.82) is 0 Å². The Labute approximate surface area is 73.8 Å². The maximum atomic E-state index is 11.6. The Morgan fingerprint density at radius 1 is 1.25 bits per heavy atom. The van der Waals surface area contributed by atoms with Crippen LogP contribution in [0.5, 0.6) is 0 Å². The number of hydrogen-bond donors (Lipinski definition) is 0. The standard InChI is InChI=1S/C11H16O/c1-7-4-6-10(12)11-8(2)3-5-9(7)11/h7,9H,3-6H2,1-2H3/t7-,9+/m0/s1. The van der Waals surface area contributed by atoms with Crippen LogP contribution >= 0.6 is 0 Å². The fraction of sp³-hybridized carbons (Fsp3) is 0.727. The van der Waals surface area contributed by atoms with E-state index in [1.165, 1.54) is 17.6 Å². The lowest BCUT2D eigenvalue weighted by atomic mass is 9.77. The molecule has 0 unspecified atom stereocenters. The minimum atomic E-state index is 0.438. The summed E-state index contributed by atoms with van der Waals surface area (Å²) in [7, 11) is 0. The van der Waals surface area contributed by atoms with E-state index >= 15 is 0 Å². The highest BCUT2D eigenvalue weighted by atomic mass is 16.1. The van der Waals surface area contributed by atoms with Crippen LogP contribution < -0.4 is 0 Å². The summed E-state index contributed by atoms with van der Waals surface area (Å²) in [6.45, 7) is 4.42. The molecule has 0 amide bonds. The van der Waals surface area contributed by atoms with Crippen molar-refractivity contribution in [3.05, 3.63) is 11.1 Å². The van der Waals surface area contributed by atoms with E-state index in [1.807, 2.05) is 0 Å². The van der Waals surface area contributed by atoms with Crippen molar-refractivity contribution in [1.82, 2.24) is 0 Å². The summed E-state index contributed by atoms with van der Waals surface area (Å²) >= 11 is 0. The van der Waals surface area contributed by atoms with Gasteiger partial charge in [-0.3, -0.25) is 4.79 Å². The lowest BCUT2D eigenvalue weighted by Crippen LogP contribution is -2.23. The largest absolute Gasteiger partial charge is 0.295 e. The quantitative estimate of drug-likeness (QED) is 0.538. The van der Waals surface area contributed by atoms with Gasteiger partial charge in [-0.2, -0.15) is 0 Å². The molecule has 1 saturated carbocycles. The molecule has 0 aromatic carbocycles. The SMILES string of the molecule is CC1=C2C(=O)CC[C@H](C)[C@H]2CC1. The molecule has 0 N–H and O–H groups in total. The highest BCUT2D eigenvalue weighted by Gasteiger charge is 2.35. The monoisotopic (exact) mass is 164 g/mol. The summed E-state index contributed by atoms with van der Waals surface area (Å²) < 4.78 is 0. The highest BCUT2D eigenvalue weighted by molar-refractivity contribution is 5.97. The molecule has 0 saturated heterocycles. The van der Waals surface area contributed by atoms with Crippen LogP contribution in [0.15, 0.2) is 11.1 Å². The van der Waals surface area contributed by atoms with Gasteiger partial charge in [0.15, 0.2) is 5.78 Å². The van der Waals surface area contributed by atoms with Gasteiger partial charge in [-0.1, -0.05) is 12.5 Å². The van der Waals surface area contributed by atoms with Crippen molar-refractivity contribution < 1.29 is 4.79 Å². The molecule has 0 heterocycles. The normalized spacial score (nSPS) is 35.7. The summed E-state index contributed by atoms with van der Waals surface area (Å²) in [6.07, 6.45) is 4.30. The molecule has 2 aliphatic carbocycles. The lowest BCUT2D eigenvalue weighted by Gasteiger charge is -2.27. The van der Waals surface area contributed by atoms with Crippen LogP contribution in [0.4, 0.5) is 0 Å². The molecule has 2 atom stereocenters. The van der Waals surface area contributed by atoms with Gasteiger partial charge in [0.05, 0.1) is 0 Å². The van der Waals surface area contributed by atoms with Crippen LogP contribution in [-0.4, -0.2) is 5.78 Å². The van der Waals surface area contributed by atoms with E-state index in [9.17, 15) is 4.79 Å². The van der Waals surface area contributed by atoms with Crippen LogP contribution in [0.1, 0.15) is 39.5 Å². The van der Waals surface area contributed by atoms with Gasteiger partial charge < -0.3 is 0 Å². The Kier molecular flexibility index (Phi) is 1.82. The minimum absolute atomic E-state index is 0.438. The van der Waals surface area contributed by atoms with E-state index in [2.05, 4.69) is 13.8 Å². The van der Waals surface area contributed by atoms with Gasteiger partial charge in [-0.15, -0.1) is 0 Å². The number of allylic oxidation sites excluding steroid dienone is 2. The molecule has 1 fully saturated rings. The van der Waals surface area contributed by atoms with Gasteiger partial charge in [-0.25, -0.2) is 0 Å². The third kappa shape index (κ3) is 1.03. The van der Waals surface area contributed by atoms with E-state index < -0.39 is 0 Å². The van der Waals surface area contributed by atoms with E-state index in [0.29, 0.717) is 11.7 Å². The molecule has 2 aliphatic rings. The molecule has 12 heavy (non-hydrogen) atoms. The fourth-order valence-electron chi connectivity index (χ4n) is 2.68. The average Bonchev–Trinajstić information content (AvgIpc) is 2.42. The smallest absolute Gasteiger partial charge is 0.159 e. The van der Waals surface area contributed by atoms with Gasteiger partial charge in [0, 0.05) is 6.42 Å². The summed E-state index contributed by atoms with van der Waals surface area (Å²) in [4.78, 5) is 11.6. The second kappa shape index (κ2) is 2.72. The number of fused-ring (bicyclic) bond motifs is 1. The fourth-order valence-corrected chi connectivity index (χ4v) is 2.68. The van der Waals surface area contributed by atoms with Crippen molar-refractivity contribution >= 4 is 5.78 Å². The zero-order valence-corrected chi connectivity index (χ0v) is 7.89. The maximum Gasteiger partial charge on any atom is 0.159 e. The Bertz CT molecular complexity index is 250. The van der Waals surface area contributed by atoms with Crippen LogP contribution in [0.2, 0.25) is 0 Å². The number of ketones is 1. The lowest BCUT2D eigenvalue weighted by molar-refractivity contribution is -0.117. The number of carbonyl (C=O) groups is 1. The minimum Gasteiger partial charge on any atom is -0.295 e. The number of rotatable bonds is 0. The molecule has 0 aromatic rings. The summed E-state index contributed by atoms with van der Waals surface area (Å²) in [5.74, 6) is 1.80. The molecule has 0 radical (unpaired) electrons. The zero-order chi connectivity index (χ0) is 8.72. The molecule has 1 heteroatoms. The summed E-state index contributed by atoms with van der Waals surface area (Å²) in [5, 5.41) is 0. The topological polar surface area (TPSA) is 17.1 Å². The number of Topliss-reactive ketones (excluding diaryl/α,β-unsaturated/α-hetero) is 1. The first kappa shape index (κ1) is 8.03. The molecule has 0 spiro atoms. The van der Waals surface area contributed by atoms with Crippen LogP contribution in [0, 0.1) is 11.8 Å².